The predicted molar refractivity (Wildman–Crippen MR) is 71.1 cm³/mol. The molecule has 0 aliphatic heterocycles. The number of nitrogens with zero attached hydrogens (tertiary/aromatic N) is 3. The normalized spacial score (nSPS) is 10.3. The SMILES string of the molecule is CC(C)n1cc(NCc2ccccc2C#N)cn1. The van der Waals surface area contributed by atoms with Crippen molar-refractivity contribution < 1.29 is 0 Å². The van der Waals surface area contributed by atoms with Crippen molar-refractivity contribution in [2.24, 2.45) is 0 Å². The van der Waals surface area contributed by atoms with Crippen LogP contribution in [0.15, 0.2) is 36.7 Å². The van der Waals surface area contributed by atoms with Crippen LogP contribution in [0.2, 0.25) is 0 Å². The molecule has 4 nitrogen and oxygen atoms in total. The van der Waals surface area contributed by atoms with Gasteiger partial charge in [-0.25, -0.2) is 0 Å². The highest BCUT2D eigenvalue weighted by atomic mass is 15.3. The quantitative estimate of drug-likeness (QED) is 0.893. The zero-order valence-electron chi connectivity index (χ0n) is 10.6. The monoisotopic (exact) mass is 240 g/mol. The first-order valence-electron chi connectivity index (χ1n) is 5.96. The van der Waals surface area contributed by atoms with Gasteiger partial charge in [0, 0.05) is 18.8 Å². The molecule has 1 aromatic heterocycles. The van der Waals surface area contributed by atoms with E-state index in [2.05, 4.69) is 30.3 Å². The van der Waals surface area contributed by atoms with Gasteiger partial charge in [0.2, 0.25) is 0 Å². The summed E-state index contributed by atoms with van der Waals surface area (Å²) < 4.78 is 1.90. The fourth-order valence-electron chi connectivity index (χ4n) is 1.69. The lowest BCUT2D eigenvalue weighted by atomic mass is 10.1. The van der Waals surface area contributed by atoms with Gasteiger partial charge in [-0.05, 0) is 25.5 Å². The molecule has 1 aromatic carbocycles. The van der Waals surface area contributed by atoms with Gasteiger partial charge in [-0.3, -0.25) is 4.68 Å². The van der Waals surface area contributed by atoms with Crippen LogP contribution in [0, 0.1) is 11.3 Å². The summed E-state index contributed by atoms with van der Waals surface area (Å²) >= 11 is 0. The van der Waals surface area contributed by atoms with Crippen LogP contribution in [0.1, 0.15) is 31.0 Å². The minimum atomic E-state index is 0.354. The zero-order valence-corrected chi connectivity index (χ0v) is 10.6. The Bertz CT molecular complexity index is 563. The minimum absolute atomic E-state index is 0.354. The molecule has 0 atom stereocenters. The molecule has 0 radical (unpaired) electrons. The topological polar surface area (TPSA) is 53.6 Å². The van der Waals surface area contributed by atoms with E-state index in [1.54, 1.807) is 6.20 Å². The number of rotatable bonds is 4. The molecule has 2 rings (SSSR count). The molecular formula is C14H16N4. The average Bonchev–Trinajstić information content (AvgIpc) is 2.85. The smallest absolute Gasteiger partial charge is 0.0995 e. The van der Waals surface area contributed by atoms with Crippen LogP contribution >= 0.6 is 0 Å². The Kier molecular flexibility index (Phi) is 3.63. The maximum Gasteiger partial charge on any atom is 0.0995 e. The zero-order chi connectivity index (χ0) is 13.0. The third-order valence-corrected chi connectivity index (χ3v) is 2.75. The number of hydrogen-bond donors (Lipinski definition) is 1. The highest BCUT2D eigenvalue weighted by Gasteiger charge is 2.03. The number of nitrogens with one attached hydrogen (secondary N) is 1. The molecule has 4 heteroatoms. The average molecular weight is 240 g/mol. The molecule has 0 unspecified atom stereocenters. The summed E-state index contributed by atoms with van der Waals surface area (Å²) in [4.78, 5) is 0. The van der Waals surface area contributed by atoms with E-state index < -0.39 is 0 Å². The molecule has 92 valence electrons. The Morgan fingerprint density at radius 3 is 2.83 bits per heavy atom. The van der Waals surface area contributed by atoms with Crippen LogP contribution in [-0.4, -0.2) is 9.78 Å². The summed E-state index contributed by atoms with van der Waals surface area (Å²) in [5, 5.41) is 16.5. The molecule has 0 fully saturated rings. The van der Waals surface area contributed by atoms with E-state index in [1.165, 1.54) is 0 Å². The molecule has 0 aliphatic carbocycles. The first-order chi connectivity index (χ1) is 8.70. The Balaban J connectivity index is 2.05. The van der Waals surface area contributed by atoms with Crippen molar-refractivity contribution in [1.29, 1.82) is 5.26 Å². The third kappa shape index (κ3) is 2.69. The van der Waals surface area contributed by atoms with Crippen LogP contribution in [-0.2, 0) is 6.54 Å². The highest BCUT2D eigenvalue weighted by Crippen LogP contribution is 2.13. The summed E-state index contributed by atoms with van der Waals surface area (Å²) in [5.41, 5.74) is 2.68. The maximum absolute atomic E-state index is 9.00. The van der Waals surface area contributed by atoms with Gasteiger partial charge in [0.15, 0.2) is 0 Å². The molecule has 0 bridgehead atoms. The fraction of sp³-hybridized carbons (Fsp3) is 0.286. The number of anilines is 1. The molecule has 18 heavy (non-hydrogen) atoms. The summed E-state index contributed by atoms with van der Waals surface area (Å²) in [6.07, 6.45) is 3.77. The van der Waals surface area contributed by atoms with E-state index in [1.807, 2.05) is 35.1 Å². The molecule has 0 aliphatic rings. The van der Waals surface area contributed by atoms with Crippen molar-refractivity contribution in [3.05, 3.63) is 47.8 Å². The largest absolute Gasteiger partial charge is 0.378 e. The third-order valence-electron chi connectivity index (χ3n) is 2.75. The van der Waals surface area contributed by atoms with Gasteiger partial charge in [0.25, 0.3) is 0 Å². The summed E-state index contributed by atoms with van der Waals surface area (Å²) in [5.74, 6) is 0. The van der Waals surface area contributed by atoms with Crippen molar-refractivity contribution in [1.82, 2.24) is 9.78 Å². The summed E-state index contributed by atoms with van der Waals surface area (Å²) in [6, 6.07) is 10.1. The second-order valence-electron chi connectivity index (χ2n) is 4.43. The van der Waals surface area contributed by atoms with Crippen molar-refractivity contribution in [3.8, 4) is 6.07 Å². The first-order valence-corrected chi connectivity index (χ1v) is 5.96. The lowest BCUT2D eigenvalue weighted by Gasteiger charge is -2.06. The lowest BCUT2D eigenvalue weighted by molar-refractivity contribution is 0.532. The molecule has 1 heterocycles. The standard InChI is InChI=1S/C14H16N4/c1-11(2)18-10-14(9-17-18)16-8-13-6-4-3-5-12(13)7-15/h3-6,9-11,16H,8H2,1-2H3. The van der Waals surface area contributed by atoms with Crippen molar-refractivity contribution in [2.75, 3.05) is 5.32 Å². The summed E-state index contributed by atoms with van der Waals surface area (Å²) in [7, 11) is 0. The molecule has 0 spiro atoms. The van der Waals surface area contributed by atoms with E-state index in [0.29, 0.717) is 18.2 Å². The number of aromatic nitrogens is 2. The number of hydrogen-bond acceptors (Lipinski definition) is 3. The Morgan fingerprint density at radius 1 is 1.39 bits per heavy atom. The van der Waals surface area contributed by atoms with Gasteiger partial charge < -0.3 is 5.32 Å². The molecule has 1 N–H and O–H groups in total. The Hall–Kier alpha value is -2.28. The van der Waals surface area contributed by atoms with Gasteiger partial charge >= 0.3 is 0 Å². The molecule has 0 saturated carbocycles. The van der Waals surface area contributed by atoms with Crippen LogP contribution in [0.5, 0.6) is 0 Å². The van der Waals surface area contributed by atoms with Gasteiger partial charge in [-0.15, -0.1) is 0 Å². The van der Waals surface area contributed by atoms with Crippen LogP contribution in [0.4, 0.5) is 5.69 Å². The summed E-state index contributed by atoms with van der Waals surface area (Å²) in [6.45, 7) is 4.80. The highest BCUT2D eigenvalue weighted by molar-refractivity contribution is 5.43. The van der Waals surface area contributed by atoms with Crippen molar-refractivity contribution >= 4 is 5.69 Å². The van der Waals surface area contributed by atoms with Gasteiger partial charge in [-0.1, -0.05) is 18.2 Å². The van der Waals surface area contributed by atoms with Crippen molar-refractivity contribution in [2.45, 2.75) is 26.4 Å². The van der Waals surface area contributed by atoms with Crippen molar-refractivity contribution in [3.63, 3.8) is 0 Å². The van der Waals surface area contributed by atoms with Crippen LogP contribution in [0.3, 0.4) is 0 Å². The Labute approximate surface area is 107 Å². The van der Waals surface area contributed by atoms with Gasteiger partial charge in [-0.2, -0.15) is 10.4 Å². The van der Waals surface area contributed by atoms with E-state index in [4.69, 9.17) is 5.26 Å². The van der Waals surface area contributed by atoms with E-state index >= 15 is 0 Å². The van der Waals surface area contributed by atoms with Crippen LogP contribution < -0.4 is 5.32 Å². The van der Waals surface area contributed by atoms with E-state index in [9.17, 15) is 0 Å². The van der Waals surface area contributed by atoms with Gasteiger partial charge in [0.05, 0.1) is 23.5 Å². The second kappa shape index (κ2) is 5.37. The van der Waals surface area contributed by atoms with Crippen LogP contribution in [0.25, 0.3) is 0 Å². The predicted octanol–water partition coefficient (Wildman–Crippen LogP) is 2.95. The molecular weight excluding hydrogens is 224 g/mol. The molecule has 2 aromatic rings. The lowest BCUT2D eigenvalue weighted by Crippen LogP contribution is -2.02. The van der Waals surface area contributed by atoms with E-state index in [-0.39, 0.29) is 0 Å². The maximum atomic E-state index is 9.00. The molecule has 0 amide bonds. The molecule has 0 saturated heterocycles. The number of benzene rings is 1. The first kappa shape index (κ1) is 12.2. The fourth-order valence-corrected chi connectivity index (χ4v) is 1.69. The Morgan fingerprint density at radius 2 is 2.17 bits per heavy atom. The van der Waals surface area contributed by atoms with E-state index in [0.717, 1.165) is 11.3 Å². The second-order valence-corrected chi connectivity index (χ2v) is 4.43. The minimum Gasteiger partial charge on any atom is -0.378 e. The number of nitriles is 1. The van der Waals surface area contributed by atoms with Gasteiger partial charge in [0.1, 0.15) is 0 Å².